The lowest BCUT2D eigenvalue weighted by Gasteiger charge is -2.29. The molecule has 2 N–H and O–H groups in total. The van der Waals surface area contributed by atoms with Crippen LogP contribution in [-0.2, 0) is 10.0 Å². The lowest BCUT2D eigenvalue weighted by molar-refractivity contribution is 0.127. The Hall–Kier alpha value is -0.500. The Morgan fingerprint density at radius 2 is 2.21 bits per heavy atom. The molecule has 2 atom stereocenters. The number of thiazole rings is 1. The molecule has 0 aromatic carbocycles. The van der Waals surface area contributed by atoms with E-state index in [9.17, 15) is 13.5 Å². The van der Waals surface area contributed by atoms with Gasteiger partial charge in [0.1, 0.15) is 0 Å². The van der Waals surface area contributed by atoms with Crippen LogP contribution < -0.4 is 4.72 Å². The fourth-order valence-corrected chi connectivity index (χ4v) is 5.53. The molecule has 0 aliphatic heterocycles. The number of aryl methyl sites for hydroxylation is 2. The van der Waals surface area contributed by atoms with E-state index >= 15 is 0 Å². The summed E-state index contributed by atoms with van der Waals surface area (Å²) < 4.78 is 27.8. The molecule has 0 saturated heterocycles. The molecule has 7 heteroatoms. The Balaban J connectivity index is 2.25. The number of aliphatic hydroxyl groups is 1. The van der Waals surface area contributed by atoms with Crippen molar-refractivity contribution in [3.8, 4) is 0 Å². The van der Waals surface area contributed by atoms with E-state index in [0.29, 0.717) is 5.69 Å². The third-order valence-electron chi connectivity index (χ3n) is 3.85. The molecule has 19 heavy (non-hydrogen) atoms. The van der Waals surface area contributed by atoms with Crippen LogP contribution in [0, 0.1) is 19.3 Å². The van der Waals surface area contributed by atoms with Crippen molar-refractivity contribution in [2.75, 3.05) is 6.61 Å². The van der Waals surface area contributed by atoms with Crippen molar-refractivity contribution in [3.05, 3.63) is 10.7 Å². The topological polar surface area (TPSA) is 79.3 Å². The highest BCUT2D eigenvalue weighted by atomic mass is 32.2. The molecular formula is C12H20N2O3S2. The van der Waals surface area contributed by atoms with Crippen molar-refractivity contribution in [1.29, 1.82) is 0 Å². The zero-order valence-corrected chi connectivity index (χ0v) is 13.1. The molecular weight excluding hydrogens is 284 g/mol. The van der Waals surface area contributed by atoms with Gasteiger partial charge in [0.15, 0.2) is 4.21 Å². The van der Waals surface area contributed by atoms with E-state index in [-0.39, 0.29) is 22.3 Å². The highest BCUT2D eigenvalue weighted by molar-refractivity contribution is 7.91. The Morgan fingerprint density at radius 3 is 2.74 bits per heavy atom. The maximum Gasteiger partial charge on any atom is 0.252 e. The van der Waals surface area contributed by atoms with Crippen LogP contribution >= 0.6 is 11.3 Å². The van der Waals surface area contributed by atoms with Gasteiger partial charge in [-0.15, -0.1) is 11.3 Å². The summed E-state index contributed by atoms with van der Waals surface area (Å²) in [4.78, 5) is 4.16. The molecule has 1 aliphatic rings. The number of nitrogens with zero attached hydrogens (tertiary/aromatic N) is 1. The summed E-state index contributed by atoms with van der Waals surface area (Å²) in [7, 11) is -3.54. The van der Waals surface area contributed by atoms with E-state index < -0.39 is 10.0 Å². The largest absolute Gasteiger partial charge is 0.396 e. The second-order valence-electron chi connectivity index (χ2n) is 5.48. The Kier molecular flexibility index (Phi) is 4.02. The van der Waals surface area contributed by atoms with Crippen LogP contribution in [0.25, 0.3) is 0 Å². The van der Waals surface area contributed by atoms with Crippen LogP contribution in [0.1, 0.15) is 36.9 Å². The van der Waals surface area contributed by atoms with E-state index in [2.05, 4.69) is 9.71 Å². The van der Waals surface area contributed by atoms with Gasteiger partial charge < -0.3 is 5.11 Å². The Bertz CT molecular complexity index is 568. The maximum atomic E-state index is 12.4. The lowest BCUT2D eigenvalue weighted by atomic mass is 9.86. The van der Waals surface area contributed by atoms with Gasteiger partial charge in [-0.25, -0.2) is 18.1 Å². The molecule has 1 heterocycles. The van der Waals surface area contributed by atoms with Crippen LogP contribution in [0.3, 0.4) is 0 Å². The second-order valence-corrected chi connectivity index (χ2v) is 8.60. The number of aliphatic hydroxyl groups excluding tert-OH is 1. The quantitative estimate of drug-likeness (QED) is 0.885. The third-order valence-corrected chi connectivity index (χ3v) is 7.00. The molecule has 1 saturated carbocycles. The number of hydrogen-bond donors (Lipinski definition) is 2. The molecule has 5 nitrogen and oxygen atoms in total. The summed E-state index contributed by atoms with van der Waals surface area (Å²) in [5.74, 6) is 0. The minimum atomic E-state index is -3.54. The van der Waals surface area contributed by atoms with Gasteiger partial charge in [-0.05, 0) is 26.7 Å². The molecule has 0 amide bonds. The van der Waals surface area contributed by atoms with E-state index in [1.165, 1.54) is 11.3 Å². The predicted molar refractivity (Wildman–Crippen MR) is 74.7 cm³/mol. The predicted octanol–water partition coefficient (Wildman–Crippen LogP) is 1.59. The van der Waals surface area contributed by atoms with Crippen LogP contribution in [-0.4, -0.2) is 31.2 Å². The van der Waals surface area contributed by atoms with Gasteiger partial charge in [-0.1, -0.05) is 13.3 Å². The van der Waals surface area contributed by atoms with Gasteiger partial charge in [0.25, 0.3) is 10.0 Å². The van der Waals surface area contributed by atoms with Gasteiger partial charge in [0.05, 0.1) is 10.7 Å². The van der Waals surface area contributed by atoms with Gasteiger partial charge >= 0.3 is 0 Å². The van der Waals surface area contributed by atoms with E-state index in [1.807, 2.05) is 6.92 Å². The number of nitrogens with one attached hydrogen (secondary N) is 1. The summed E-state index contributed by atoms with van der Waals surface area (Å²) in [6.45, 7) is 5.43. The smallest absolute Gasteiger partial charge is 0.252 e. The standard InChI is InChI=1S/C12H20N2O3S2/c1-8-11(18-9(2)13-8)19(16,17)14-10-5-4-6-12(10,3)7-15/h10,14-15H,4-7H2,1-3H3/t10-,12-/m0/s1. The first kappa shape index (κ1) is 14.9. The number of hydrogen-bond acceptors (Lipinski definition) is 5. The minimum absolute atomic E-state index is 0.000880. The van der Waals surface area contributed by atoms with Crippen molar-refractivity contribution in [1.82, 2.24) is 9.71 Å². The lowest BCUT2D eigenvalue weighted by Crippen LogP contribution is -2.44. The zero-order valence-electron chi connectivity index (χ0n) is 11.4. The molecule has 2 rings (SSSR count). The van der Waals surface area contributed by atoms with E-state index in [1.54, 1.807) is 13.8 Å². The average molecular weight is 304 g/mol. The number of aromatic nitrogens is 1. The van der Waals surface area contributed by atoms with Crippen molar-refractivity contribution in [3.63, 3.8) is 0 Å². The third kappa shape index (κ3) is 2.84. The molecule has 0 bridgehead atoms. The summed E-state index contributed by atoms with van der Waals surface area (Å²) in [6.07, 6.45) is 2.55. The molecule has 0 radical (unpaired) electrons. The van der Waals surface area contributed by atoms with Crippen LogP contribution in [0.15, 0.2) is 4.21 Å². The molecule has 108 valence electrons. The molecule has 0 spiro atoms. The highest BCUT2D eigenvalue weighted by Gasteiger charge is 2.41. The SMILES string of the molecule is Cc1nc(C)c(S(=O)(=O)N[C@H]2CCC[C@@]2(C)CO)s1. The Labute approximate surface area is 118 Å². The molecule has 1 aliphatic carbocycles. The fourth-order valence-electron chi connectivity index (χ4n) is 2.63. The summed E-state index contributed by atoms with van der Waals surface area (Å²) in [5, 5.41) is 10.2. The highest BCUT2D eigenvalue weighted by Crippen LogP contribution is 2.38. The maximum absolute atomic E-state index is 12.4. The summed E-state index contributed by atoms with van der Waals surface area (Å²) in [5.41, 5.74) is 0.180. The van der Waals surface area contributed by atoms with Gasteiger partial charge in [0.2, 0.25) is 0 Å². The first-order valence-electron chi connectivity index (χ1n) is 6.36. The van der Waals surface area contributed by atoms with Crippen molar-refractivity contribution >= 4 is 21.4 Å². The fraction of sp³-hybridized carbons (Fsp3) is 0.750. The van der Waals surface area contributed by atoms with Gasteiger partial charge in [-0.2, -0.15) is 0 Å². The minimum Gasteiger partial charge on any atom is -0.396 e. The molecule has 0 unspecified atom stereocenters. The summed E-state index contributed by atoms with van der Waals surface area (Å²) >= 11 is 1.19. The van der Waals surface area contributed by atoms with Crippen LogP contribution in [0.5, 0.6) is 0 Å². The first-order chi connectivity index (χ1) is 8.78. The molecule has 1 aromatic heterocycles. The second kappa shape index (κ2) is 5.12. The van der Waals surface area contributed by atoms with Crippen LogP contribution in [0.2, 0.25) is 0 Å². The average Bonchev–Trinajstić information content (AvgIpc) is 2.84. The number of sulfonamides is 1. The van der Waals surface area contributed by atoms with Crippen molar-refractivity contribution in [2.24, 2.45) is 5.41 Å². The molecule has 1 aromatic rings. The summed E-state index contributed by atoms with van der Waals surface area (Å²) in [6, 6.07) is -0.204. The zero-order chi connectivity index (χ0) is 14.3. The first-order valence-corrected chi connectivity index (χ1v) is 8.66. The van der Waals surface area contributed by atoms with Crippen LogP contribution in [0.4, 0.5) is 0 Å². The Morgan fingerprint density at radius 1 is 1.53 bits per heavy atom. The van der Waals surface area contributed by atoms with Crippen molar-refractivity contribution in [2.45, 2.75) is 50.3 Å². The van der Waals surface area contributed by atoms with Crippen molar-refractivity contribution < 1.29 is 13.5 Å². The van der Waals surface area contributed by atoms with Gasteiger partial charge in [-0.3, -0.25) is 0 Å². The van der Waals surface area contributed by atoms with E-state index in [4.69, 9.17) is 0 Å². The van der Waals surface area contributed by atoms with E-state index in [0.717, 1.165) is 24.3 Å². The van der Waals surface area contributed by atoms with Gasteiger partial charge in [0, 0.05) is 18.1 Å². The normalized spacial score (nSPS) is 27.9. The number of rotatable bonds is 4. The monoisotopic (exact) mass is 304 g/mol. The molecule has 1 fully saturated rings.